The van der Waals surface area contributed by atoms with Crippen molar-refractivity contribution in [3.05, 3.63) is 29.8 Å². The molecule has 5 nitrogen and oxygen atoms in total. The van der Waals surface area contributed by atoms with Gasteiger partial charge in [-0.05, 0) is 49.7 Å². The quantitative estimate of drug-likeness (QED) is 0.800. The summed E-state index contributed by atoms with van der Waals surface area (Å²) in [6.07, 6.45) is 5.25. The number of rotatable bonds is 3. The fourth-order valence-electron chi connectivity index (χ4n) is 5.13. The van der Waals surface area contributed by atoms with Gasteiger partial charge < -0.3 is 16.0 Å². The zero-order valence-corrected chi connectivity index (χ0v) is 16.4. The molecule has 0 aromatic heterocycles. The van der Waals surface area contributed by atoms with E-state index in [1.165, 1.54) is 11.3 Å². The SMILES string of the molecule is Cl.NC1CC2CCCC(C1)C2NC(=O)C1CC(=O)N(c2cc(F)cc(F)c2)C1. The summed E-state index contributed by atoms with van der Waals surface area (Å²) in [6.45, 7) is 0.148. The maximum Gasteiger partial charge on any atom is 0.227 e. The van der Waals surface area contributed by atoms with Crippen LogP contribution in [0.15, 0.2) is 18.2 Å². The van der Waals surface area contributed by atoms with Crippen LogP contribution in [0.25, 0.3) is 0 Å². The van der Waals surface area contributed by atoms with Crippen LogP contribution in [0.1, 0.15) is 38.5 Å². The zero-order valence-electron chi connectivity index (χ0n) is 15.6. The Balaban J connectivity index is 0.00000225. The average Bonchev–Trinajstić information content (AvgIpc) is 2.97. The first kappa shape index (κ1) is 21.0. The molecule has 3 N–H and O–H groups in total. The van der Waals surface area contributed by atoms with Gasteiger partial charge in [-0.2, -0.15) is 0 Å². The van der Waals surface area contributed by atoms with Crippen molar-refractivity contribution < 1.29 is 18.4 Å². The minimum absolute atomic E-state index is 0. The van der Waals surface area contributed by atoms with E-state index in [-0.39, 0.29) is 55.0 Å². The van der Waals surface area contributed by atoms with E-state index in [2.05, 4.69) is 5.32 Å². The predicted octanol–water partition coefficient (Wildman–Crippen LogP) is 2.76. The smallest absolute Gasteiger partial charge is 0.227 e. The first-order valence-corrected chi connectivity index (χ1v) is 9.73. The second kappa shape index (κ2) is 8.33. The van der Waals surface area contributed by atoms with E-state index in [1.807, 2.05) is 0 Å². The van der Waals surface area contributed by atoms with Gasteiger partial charge in [0.1, 0.15) is 11.6 Å². The lowest BCUT2D eigenvalue weighted by Crippen LogP contribution is -2.54. The summed E-state index contributed by atoms with van der Waals surface area (Å²) in [7, 11) is 0. The van der Waals surface area contributed by atoms with Crippen molar-refractivity contribution in [2.45, 2.75) is 50.6 Å². The van der Waals surface area contributed by atoms with Gasteiger partial charge >= 0.3 is 0 Å². The third kappa shape index (κ3) is 4.15. The Morgan fingerprint density at radius 1 is 1.11 bits per heavy atom. The van der Waals surface area contributed by atoms with E-state index in [0.717, 1.165) is 43.9 Å². The van der Waals surface area contributed by atoms with E-state index in [9.17, 15) is 18.4 Å². The molecular formula is C20H26ClF2N3O2. The molecular weight excluding hydrogens is 388 g/mol. The minimum atomic E-state index is -0.739. The third-order valence-electron chi connectivity index (χ3n) is 6.34. The van der Waals surface area contributed by atoms with Gasteiger partial charge in [0, 0.05) is 36.8 Å². The molecule has 3 fully saturated rings. The van der Waals surface area contributed by atoms with Crippen LogP contribution < -0.4 is 16.0 Å². The third-order valence-corrected chi connectivity index (χ3v) is 6.34. The molecule has 8 heteroatoms. The van der Waals surface area contributed by atoms with Crippen LogP contribution in [0.3, 0.4) is 0 Å². The highest BCUT2D eigenvalue weighted by Gasteiger charge is 2.42. The summed E-state index contributed by atoms with van der Waals surface area (Å²) in [5.41, 5.74) is 6.30. The molecule has 1 heterocycles. The molecule has 1 saturated heterocycles. The summed E-state index contributed by atoms with van der Waals surface area (Å²) in [4.78, 5) is 26.4. The van der Waals surface area contributed by atoms with Crippen molar-refractivity contribution in [2.75, 3.05) is 11.4 Å². The molecule has 1 aliphatic heterocycles. The summed E-state index contributed by atoms with van der Waals surface area (Å²) in [6, 6.07) is 3.34. The minimum Gasteiger partial charge on any atom is -0.353 e. The van der Waals surface area contributed by atoms with Crippen LogP contribution in [0.2, 0.25) is 0 Å². The first-order chi connectivity index (χ1) is 12.9. The maximum atomic E-state index is 13.5. The molecule has 3 atom stereocenters. The lowest BCUT2D eigenvalue weighted by atomic mass is 9.67. The van der Waals surface area contributed by atoms with E-state index < -0.39 is 17.6 Å². The van der Waals surface area contributed by atoms with E-state index >= 15 is 0 Å². The number of nitrogens with two attached hydrogens (primary N) is 1. The Morgan fingerprint density at radius 2 is 1.71 bits per heavy atom. The van der Waals surface area contributed by atoms with Crippen LogP contribution in [0, 0.1) is 29.4 Å². The van der Waals surface area contributed by atoms with Crippen LogP contribution in [0.5, 0.6) is 0 Å². The fraction of sp³-hybridized carbons (Fsp3) is 0.600. The Labute approximate surface area is 169 Å². The highest BCUT2D eigenvalue weighted by Crippen LogP contribution is 2.40. The summed E-state index contributed by atoms with van der Waals surface area (Å²) in [5, 5.41) is 3.18. The second-order valence-corrected chi connectivity index (χ2v) is 8.25. The number of halogens is 3. The Kier molecular flexibility index (Phi) is 6.25. The molecule has 2 saturated carbocycles. The number of hydrogen-bond donors (Lipinski definition) is 2. The molecule has 1 aromatic carbocycles. The molecule has 0 spiro atoms. The molecule has 1 aromatic rings. The number of nitrogens with zero attached hydrogens (tertiary/aromatic N) is 1. The van der Waals surface area contributed by atoms with Crippen LogP contribution in [-0.2, 0) is 9.59 Å². The Hall–Kier alpha value is -1.73. The molecule has 2 amide bonds. The number of hydrogen-bond acceptors (Lipinski definition) is 3. The predicted molar refractivity (Wildman–Crippen MR) is 104 cm³/mol. The lowest BCUT2D eigenvalue weighted by Gasteiger charge is -2.45. The molecule has 2 aliphatic carbocycles. The fourth-order valence-corrected chi connectivity index (χ4v) is 5.13. The van der Waals surface area contributed by atoms with E-state index in [1.54, 1.807) is 0 Å². The van der Waals surface area contributed by atoms with Crippen molar-refractivity contribution in [3.8, 4) is 0 Å². The van der Waals surface area contributed by atoms with Crippen molar-refractivity contribution in [1.82, 2.24) is 5.32 Å². The van der Waals surface area contributed by atoms with Crippen LogP contribution in [0.4, 0.5) is 14.5 Å². The standard InChI is InChI=1S/C20H25F2N3O2.ClH/c21-14-7-15(22)9-17(8-14)25-10-13(6-18(25)26)20(27)24-19-11-2-1-3-12(19)5-16(23)4-11;/h7-9,11-13,16,19H,1-6,10,23H2,(H,24,27);1H. The van der Waals surface area contributed by atoms with Crippen molar-refractivity contribution in [2.24, 2.45) is 23.5 Å². The molecule has 154 valence electrons. The van der Waals surface area contributed by atoms with Crippen LogP contribution >= 0.6 is 12.4 Å². The van der Waals surface area contributed by atoms with Gasteiger partial charge in [-0.1, -0.05) is 6.42 Å². The average molecular weight is 414 g/mol. The van der Waals surface area contributed by atoms with Gasteiger partial charge in [0.2, 0.25) is 11.8 Å². The number of fused-ring (bicyclic) bond motifs is 2. The van der Waals surface area contributed by atoms with Crippen molar-refractivity contribution in [3.63, 3.8) is 0 Å². The van der Waals surface area contributed by atoms with Crippen molar-refractivity contribution >= 4 is 29.9 Å². The molecule has 4 rings (SSSR count). The largest absolute Gasteiger partial charge is 0.353 e. The second-order valence-electron chi connectivity index (χ2n) is 8.25. The molecule has 3 aliphatic rings. The van der Waals surface area contributed by atoms with Gasteiger partial charge in [-0.25, -0.2) is 8.78 Å². The van der Waals surface area contributed by atoms with E-state index in [0.29, 0.717) is 11.8 Å². The Bertz CT molecular complexity index is 729. The number of benzene rings is 1. The van der Waals surface area contributed by atoms with Crippen molar-refractivity contribution in [1.29, 1.82) is 0 Å². The number of nitrogens with one attached hydrogen (secondary N) is 1. The Morgan fingerprint density at radius 3 is 2.32 bits per heavy atom. The number of carbonyl (C=O) groups excluding carboxylic acids is 2. The number of carbonyl (C=O) groups is 2. The highest BCUT2D eigenvalue weighted by atomic mass is 35.5. The first-order valence-electron chi connectivity index (χ1n) is 9.73. The normalized spacial score (nSPS) is 32.0. The highest BCUT2D eigenvalue weighted by molar-refractivity contribution is 6.00. The van der Waals surface area contributed by atoms with Gasteiger partial charge in [-0.15, -0.1) is 12.4 Å². The molecule has 28 heavy (non-hydrogen) atoms. The van der Waals surface area contributed by atoms with Gasteiger partial charge in [0.05, 0.1) is 5.92 Å². The monoisotopic (exact) mass is 413 g/mol. The van der Waals surface area contributed by atoms with Gasteiger partial charge in [0.15, 0.2) is 0 Å². The number of anilines is 1. The lowest BCUT2D eigenvalue weighted by molar-refractivity contribution is -0.128. The topological polar surface area (TPSA) is 75.4 Å². The summed E-state index contributed by atoms with van der Waals surface area (Å²) >= 11 is 0. The number of amides is 2. The van der Waals surface area contributed by atoms with Gasteiger partial charge in [-0.3, -0.25) is 9.59 Å². The summed E-state index contributed by atoms with van der Waals surface area (Å²) < 4.78 is 26.9. The molecule has 3 unspecified atom stereocenters. The van der Waals surface area contributed by atoms with Gasteiger partial charge in [0.25, 0.3) is 0 Å². The zero-order chi connectivity index (χ0) is 19.1. The molecule has 0 radical (unpaired) electrons. The van der Waals surface area contributed by atoms with Crippen LogP contribution in [-0.4, -0.2) is 30.4 Å². The summed E-state index contributed by atoms with van der Waals surface area (Å²) in [5.74, 6) is -1.59. The molecule has 2 bridgehead atoms. The maximum absolute atomic E-state index is 13.5. The van der Waals surface area contributed by atoms with E-state index in [4.69, 9.17) is 5.73 Å².